The summed E-state index contributed by atoms with van der Waals surface area (Å²) in [4.78, 5) is 14.8. The van der Waals surface area contributed by atoms with Gasteiger partial charge in [-0.2, -0.15) is 0 Å². The Hall–Kier alpha value is -3.73. The average Bonchev–Trinajstić information content (AvgIpc) is 3.33. The van der Waals surface area contributed by atoms with E-state index in [1.807, 2.05) is 54.6 Å². The summed E-state index contributed by atoms with van der Waals surface area (Å²) in [5, 5.41) is 14.0. The van der Waals surface area contributed by atoms with Crippen LogP contribution < -0.4 is 15.0 Å². The summed E-state index contributed by atoms with van der Waals surface area (Å²) in [6, 6.07) is 21.2. The summed E-state index contributed by atoms with van der Waals surface area (Å²) in [6.07, 6.45) is 5.40. The second-order valence-electron chi connectivity index (χ2n) is 8.41. The van der Waals surface area contributed by atoms with Crippen LogP contribution in [0, 0.1) is 5.92 Å². The van der Waals surface area contributed by atoms with Crippen molar-refractivity contribution in [2.75, 3.05) is 24.4 Å². The number of phenolic OH excluding ortho intramolecular Hbond substituents is 1. The monoisotopic (exact) mass is 426 g/mol. The van der Waals surface area contributed by atoms with E-state index in [1.165, 1.54) is 0 Å². The van der Waals surface area contributed by atoms with Crippen LogP contribution in [0.2, 0.25) is 0 Å². The molecule has 0 spiro atoms. The molecular formula is C27H26N2O3. The largest absolute Gasteiger partial charge is 0.504 e. The Morgan fingerprint density at radius 2 is 1.91 bits per heavy atom. The van der Waals surface area contributed by atoms with E-state index in [2.05, 4.69) is 17.5 Å². The zero-order valence-electron chi connectivity index (χ0n) is 18.2. The number of rotatable bonds is 4. The normalized spacial score (nSPS) is 20.8. The van der Waals surface area contributed by atoms with Crippen LogP contribution in [0.25, 0.3) is 0 Å². The molecule has 0 fully saturated rings. The lowest BCUT2D eigenvalue weighted by molar-refractivity contribution is 0.0993. The highest BCUT2D eigenvalue weighted by molar-refractivity contribution is 6.06. The fourth-order valence-corrected chi connectivity index (χ4v) is 4.92. The van der Waals surface area contributed by atoms with Gasteiger partial charge in [0.2, 0.25) is 0 Å². The third kappa shape index (κ3) is 3.40. The molecule has 0 aromatic heterocycles. The molecule has 3 unspecified atom stereocenters. The number of aromatic hydroxyl groups is 1. The van der Waals surface area contributed by atoms with Gasteiger partial charge in [0.05, 0.1) is 13.2 Å². The Morgan fingerprint density at radius 3 is 2.66 bits per heavy atom. The van der Waals surface area contributed by atoms with Crippen LogP contribution in [0.3, 0.4) is 0 Å². The van der Waals surface area contributed by atoms with Gasteiger partial charge in [0.25, 0.3) is 5.91 Å². The molecule has 5 rings (SSSR count). The van der Waals surface area contributed by atoms with Gasteiger partial charge in [-0.1, -0.05) is 36.4 Å². The minimum absolute atomic E-state index is 0.0280. The number of anilines is 2. The fraction of sp³-hybridized carbons (Fsp3) is 0.222. The third-order valence-corrected chi connectivity index (χ3v) is 6.62. The van der Waals surface area contributed by atoms with Crippen LogP contribution in [0.4, 0.5) is 11.4 Å². The number of fused-ring (bicyclic) bond motifs is 3. The van der Waals surface area contributed by atoms with Gasteiger partial charge in [-0.15, -0.1) is 0 Å². The second kappa shape index (κ2) is 8.08. The van der Waals surface area contributed by atoms with E-state index in [0.29, 0.717) is 17.2 Å². The van der Waals surface area contributed by atoms with Crippen molar-refractivity contribution in [3.8, 4) is 11.5 Å². The summed E-state index contributed by atoms with van der Waals surface area (Å²) >= 11 is 0. The molecule has 162 valence electrons. The summed E-state index contributed by atoms with van der Waals surface area (Å²) in [7, 11) is 3.36. The summed E-state index contributed by atoms with van der Waals surface area (Å²) in [6.45, 7) is 0. The first-order valence-corrected chi connectivity index (χ1v) is 10.8. The first-order valence-electron chi connectivity index (χ1n) is 10.8. The average molecular weight is 427 g/mol. The molecule has 32 heavy (non-hydrogen) atoms. The highest BCUT2D eigenvalue weighted by Gasteiger charge is 2.38. The van der Waals surface area contributed by atoms with Crippen LogP contribution in [0.5, 0.6) is 11.5 Å². The number of allylic oxidation sites excluding steroid dienone is 2. The maximum Gasteiger partial charge on any atom is 0.258 e. The highest BCUT2D eigenvalue weighted by atomic mass is 16.5. The van der Waals surface area contributed by atoms with Gasteiger partial charge in [-0.25, -0.2) is 0 Å². The molecule has 0 radical (unpaired) electrons. The molecule has 3 atom stereocenters. The van der Waals surface area contributed by atoms with Crippen LogP contribution in [-0.4, -0.2) is 25.2 Å². The molecule has 5 nitrogen and oxygen atoms in total. The second-order valence-corrected chi connectivity index (χ2v) is 8.41. The molecule has 2 aliphatic rings. The number of benzene rings is 3. The number of hydrogen-bond acceptors (Lipinski definition) is 4. The van der Waals surface area contributed by atoms with Crippen molar-refractivity contribution >= 4 is 17.3 Å². The van der Waals surface area contributed by atoms with Gasteiger partial charge < -0.3 is 20.1 Å². The van der Waals surface area contributed by atoms with Crippen molar-refractivity contribution in [1.82, 2.24) is 0 Å². The smallest absolute Gasteiger partial charge is 0.258 e. The first-order chi connectivity index (χ1) is 15.6. The number of amides is 1. The van der Waals surface area contributed by atoms with E-state index in [9.17, 15) is 9.90 Å². The zero-order chi connectivity index (χ0) is 22.2. The van der Waals surface area contributed by atoms with Crippen molar-refractivity contribution < 1.29 is 14.6 Å². The number of nitrogens with zero attached hydrogens (tertiary/aromatic N) is 1. The van der Waals surface area contributed by atoms with E-state index < -0.39 is 0 Å². The third-order valence-electron chi connectivity index (χ3n) is 6.62. The minimum Gasteiger partial charge on any atom is -0.504 e. The summed E-state index contributed by atoms with van der Waals surface area (Å²) < 4.78 is 5.20. The first kappa shape index (κ1) is 20.2. The molecular weight excluding hydrogens is 400 g/mol. The Morgan fingerprint density at radius 1 is 1.09 bits per heavy atom. The summed E-state index contributed by atoms with van der Waals surface area (Å²) in [5.74, 6) is 1.12. The van der Waals surface area contributed by atoms with Gasteiger partial charge in [-0.3, -0.25) is 4.79 Å². The molecule has 0 bridgehead atoms. The molecule has 3 aromatic rings. The van der Waals surface area contributed by atoms with Crippen molar-refractivity contribution in [3.63, 3.8) is 0 Å². The SMILES string of the molecule is COc1ccc(C2Nc3ccc(C(=O)N(C)c4ccccc4)cc3C3C=CCC32)cc1O. The number of carbonyl (C=O) groups excluding carboxylic acids is 1. The molecule has 1 aliphatic carbocycles. The number of phenols is 1. The molecule has 2 N–H and O–H groups in total. The standard InChI is InChI=1S/C27H26N2O3/c1-29(19-7-4-3-5-8-19)27(31)18-11-13-23-22(15-18)20-9-6-10-21(20)26(28-23)17-12-14-25(32-2)24(30)16-17/h3-9,11-16,20-21,26,28,30H,10H2,1-2H3. The van der Waals surface area contributed by atoms with Crippen LogP contribution >= 0.6 is 0 Å². The van der Waals surface area contributed by atoms with E-state index in [-0.39, 0.29) is 23.6 Å². The number of nitrogens with one attached hydrogen (secondary N) is 1. The van der Waals surface area contributed by atoms with Gasteiger partial charge in [0.1, 0.15) is 0 Å². The van der Waals surface area contributed by atoms with Crippen molar-refractivity contribution in [2.45, 2.75) is 18.4 Å². The van der Waals surface area contributed by atoms with Crippen LogP contribution in [0.15, 0.2) is 78.9 Å². The Kier molecular flexibility index (Phi) is 5.10. The lowest BCUT2D eigenvalue weighted by Crippen LogP contribution is -2.30. The molecule has 0 saturated carbocycles. The predicted octanol–water partition coefficient (Wildman–Crippen LogP) is 5.50. The lowest BCUT2D eigenvalue weighted by Gasteiger charge is -2.38. The Bertz CT molecular complexity index is 1190. The Labute approximate surface area is 188 Å². The van der Waals surface area contributed by atoms with Crippen molar-refractivity contribution in [3.05, 3.63) is 95.6 Å². The van der Waals surface area contributed by atoms with Crippen LogP contribution in [0.1, 0.15) is 39.9 Å². The molecule has 5 heteroatoms. The highest BCUT2D eigenvalue weighted by Crippen LogP contribution is 2.50. The molecule has 0 saturated heterocycles. The number of hydrogen-bond donors (Lipinski definition) is 2. The zero-order valence-corrected chi connectivity index (χ0v) is 18.2. The number of para-hydroxylation sites is 1. The maximum atomic E-state index is 13.2. The van der Waals surface area contributed by atoms with Gasteiger partial charge in [0, 0.05) is 29.9 Å². The quantitative estimate of drug-likeness (QED) is 0.541. The van der Waals surface area contributed by atoms with Crippen molar-refractivity contribution in [2.24, 2.45) is 5.92 Å². The molecule has 1 aliphatic heterocycles. The predicted molar refractivity (Wildman–Crippen MR) is 127 cm³/mol. The summed E-state index contributed by atoms with van der Waals surface area (Å²) in [5.41, 5.74) is 4.74. The van der Waals surface area contributed by atoms with Crippen molar-refractivity contribution in [1.29, 1.82) is 0 Å². The number of methoxy groups -OCH3 is 1. The number of carbonyl (C=O) groups is 1. The molecule has 1 heterocycles. The lowest BCUT2D eigenvalue weighted by atomic mass is 9.76. The fourth-order valence-electron chi connectivity index (χ4n) is 4.92. The van der Waals surface area contributed by atoms with E-state index in [1.54, 1.807) is 31.2 Å². The molecule has 1 amide bonds. The Balaban J connectivity index is 1.47. The number of ether oxygens (including phenoxy) is 1. The van der Waals surface area contributed by atoms with E-state index >= 15 is 0 Å². The molecule has 3 aromatic carbocycles. The maximum absolute atomic E-state index is 13.2. The topological polar surface area (TPSA) is 61.8 Å². The van der Waals surface area contributed by atoms with Gasteiger partial charge >= 0.3 is 0 Å². The van der Waals surface area contributed by atoms with Gasteiger partial charge in [0.15, 0.2) is 11.5 Å². The van der Waals surface area contributed by atoms with E-state index in [4.69, 9.17) is 4.74 Å². The van der Waals surface area contributed by atoms with Gasteiger partial charge in [-0.05, 0) is 65.9 Å². The van der Waals surface area contributed by atoms with E-state index in [0.717, 1.165) is 28.9 Å². The minimum atomic E-state index is -0.0280. The van der Waals surface area contributed by atoms with Crippen LogP contribution in [-0.2, 0) is 0 Å².